The molecule has 1 saturated carbocycles. The standard InChI is InChI=1S/C27H24ClFN4O5/c28-15-4-6-16(7-5-15)30-25(36)22-23(24(22)27(38)32-12-10-18(34)14-32)26(37)31-20-9-8-17(13-19(20)29)33-11-2-1-3-21(33)35/h1-9,11,13,18,22-24,34H,10,12,14H2,(H,30,36)(H,31,37)/t18?,22-,23+,24?/m1/s1. The minimum absolute atomic E-state index is 0.129. The number of anilines is 2. The number of amides is 3. The minimum Gasteiger partial charge on any atom is -0.391 e. The molecule has 3 aromatic rings. The molecule has 1 saturated heterocycles. The molecule has 0 spiro atoms. The fourth-order valence-electron chi connectivity index (χ4n) is 4.79. The third kappa shape index (κ3) is 5.18. The van der Waals surface area contributed by atoms with Gasteiger partial charge in [-0.3, -0.25) is 23.7 Å². The van der Waals surface area contributed by atoms with E-state index in [4.69, 9.17) is 11.6 Å². The number of aliphatic hydroxyl groups excluding tert-OH is 1. The summed E-state index contributed by atoms with van der Waals surface area (Å²) in [6.07, 6.45) is 1.25. The third-order valence-corrected chi connectivity index (χ3v) is 7.06. The molecular weight excluding hydrogens is 515 g/mol. The number of pyridine rings is 1. The summed E-state index contributed by atoms with van der Waals surface area (Å²) in [4.78, 5) is 52.9. The van der Waals surface area contributed by atoms with E-state index in [-0.39, 0.29) is 23.5 Å². The van der Waals surface area contributed by atoms with Gasteiger partial charge >= 0.3 is 0 Å². The molecule has 9 nitrogen and oxygen atoms in total. The second-order valence-corrected chi connectivity index (χ2v) is 9.80. The molecule has 11 heteroatoms. The zero-order valence-corrected chi connectivity index (χ0v) is 20.8. The van der Waals surface area contributed by atoms with Gasteiger partial charge < -0.3 is 20.6 Å². The molecule has 196 valence electrons. The number of nitrogens with zero attached hydrogens (tertiary/aromatic N) is 2. The van der Waals surface area contributed by atoms with Crippen molar-refractivity contribution in [2.45, 2.75) is 12.5 Å². The van der Waals surface area contributed by atoms with Gasteiger partial charge in [0.05, 0.1) is 35.2 Å². The molecule has 1 aliphatic heterocycles. The average molecular weight is 539 g/mol. The Labute approximate surface area is 221 Å². The van der Waals surface area contributed by atoms with E-state index in [2.05, 4.69) is 10.6 Å². The summed E-state index contributed by atoms with van der Waals surface area (Å²) >= 11 is 5.90. The molecule has 5 rings (SSSR count). The maximum absolute atomic E-state index is 14.9. The Kier molecular flexibility index (Phi) is 7.00. The van der Waals surface area contributed by atoms with Crippen LogP contribution in [0, 0.1) is 23.6 Å². The number of aliphatic hydroxyl groups is 1. The van der Waals surface area contributed by atoms with Crippen LogP contribution in [0.25, 0.3) is 5.69 Å². The number of nitrogens with one attached hydrogen (secondary N) is 2. The topological polar surface area (TPSA) is 121 Å². The molecule has 1 aliphatic carbocycles. The molecule has 0 bridgehead atoms. The van der Waals surface area contributed by atoms with Gasteiger partial charge in [-0.2, -0.15) is 0 Å². The number of likely N-dealkylation sites (tertiary alicyclic amines) is 1. The van der Waals surface area contributed by atoms with Crippen LogP contribution in [0.3, 0.4) is 0 Å². The van der Waals surface area contributed by atoms with Crippen LogP contribution in [-0.4, -0.2) is 51.5 Å². The average Bonchev–Trinajstić information content (AvgIpc) is 3.51. The Hall–Kier alpha value is -4.02. The number of β-amino-alcohol motifs (C(OH)–C–C–N with tert-alkyl or cyclic N) is 1. The van der Waals surface area contributed by atoms with Crippen molar-refractivity contribution in [2.24, 2.45) is 17.8 Å². The molecule has 2 fully saturated rings. The lowest BCUT2D eigenvalue weighted by Crippen LogP contribution is -2.33. The fraction of sp³-hybridized carbons (Fsp3) is 0.259. The number of hydrogen-bond acceptors (Lipinski definition) is 5. The van der Waals surface area contributed by atoms with Gasteiger partial charge in [0.15, 0.2) is 0 Å². The maximum atomic E-state index is 14.9. The van der Waals surface area contributed by atoms with Crippen molar-refractivity contribution in [1.29, 1.82) is 0 Å². The molecular formula is C27H24ClFN4O5. The molecule has 0 radical (unpaired) electrons. The first-order valence-corrected chi connectivity index (χ1v) is 12.4. The number of benzene rings is 2. The van der Waals surface area contributed by atoms with Gasteiger partial charge in [0.1, 0.15) is 5.82 Å². The van der Waals surface area contributed by atoms with Crippen LogP contribution in [0.1, 0.15) is 6.42 Å². The van der Waals surface area contributed by atoms with Crippen LogP contribution < -0.4 is 16.2 Å². The molecule has 2 heterocycles. The van der Waals surface area contributed by atoms with E-state index < -0.39 is 47.4 Å². The highest BCUT2D eigenvalue weighted by atomic mass is 35.5. The summed E-state index contributed by atoms with van der Waals surface area (Å²) < 4.78 is 16.2. The minimum atomic E-state index is -1.02. The third-order valence-electron chi connectivity index (χ3n) is 6.81. The van der Waals surface area contributed by atoms with E-state index in [0.29, 0.717) is 23.7 Å². The lowest BCUT2D eigenvalue weighted by Gasteiger charge is -2.15. The monoisotopic (exact) mass is 538 g/mol. The zero-order valence-electron chi connectivity index (χ0n) is 20.0. The van der Waals surface area contributed by atoms with Gasteiger partial charge in [-0.25, -0.2) is 4.39 Å². The second-order valence-electron chi connectivity index (χ2n) is 9.36. The SMILES string of the molecule is O=C(Nc1ccc(-n2ccccc2=O)cc1F)[C@@H]1C(C(=O)N2CCC(O)C2)[C@@H]1C(=O)Nc1ccc(Cl)cc1. The largest absolute Gasteiger partial charge is 0.391 e. The predicted molar refractivity (Wildman–Crippen MR) is 138 cm³/mol. The summed E-state index contributed by atoms with van der Waals surface area (Å²) in [5.41, 5.74) is 0.239. The molecule has 3 N–H and O–H groups in total. The van der Waals surface area contributed by atoms with E-state index in [0.717, 1.165) is 6.07 Å². The Morgan fingerprint density at radius 3 is 2.29 bits per heavy atom. The molecule has 1 aromatic heterocycles. The predicted octanol–water partition coefficient (Wildman–Crippen LogP) is 2.66. The Morgan fingerprint density at radius 2 is 1.66 bits per heavy atom. The van der Waals surface area contributed by atoms with Crippen LogP contribution in [0.15, 0.2) is 71.7 Å². The van der Waals surface area contributed by atoms with E-state index in [1.165, 1.54) is 33.9 Å². The number of rotatable bonds is 6. The number of aromatic nitrogens is 1. The van der Waals surface area contributed by atoms with E-state index >= 15 is 0 Å². The molecule has 2 unspecified atom stereocenters. The smallest absolute Gasteiger partial charge is 0.255 e. The van der Waals surface area contributed by atoms with Crippen molar-refractivity contribution >= 4 is 40.7 Å². The fourth-order valence-corrected chi connectivity index (χ4v) is 4.92. The molecule has 4 atom stereocenters. The van der Waals surface area contributed by atoms with Gasteiger partial charge in [0.25, 0.3) is 5.56 Å². The van der Waals surface area contributed by atoms with E-state index in [9.17, 15) is 28.7 Å². The lowest BCUT2D eigenvalue weighted by atomic mass is 10.2. The van der Waals surface area contributed by atoms with E-state index in [1.807, 2.05) is 0 Å². The van der Waals surface area contributed by atoms with Crippen LogP contribution in [0.2, 0.25) is 5.02 Å². The Bertz CT molecular complexity index is 1460. The van der Waals surface area contributed by atoms with Crippen molar-refractivity contribution in [3.63, 3.8) is 0 Å². The van der Waals surface area contributed by atoms with Gasteiger partial charge in [-0.1, -0.05) is 17.7 Å². The maximum Gasteiger partial charge on any atom is 0.255 e. The molecule has 2 aromatic carbocycles. The number of hydrogen-bond donors (Lipinski definition) is 3. The molecule has 2 aliphatic rings. The quantitative estimate of drug-likeness (QED) is 0.445. The lowest BCUT2D eigenvalue weighted by molar-refractivity contribution is -0.134. The number of carbonyl (C=O) groups is 3. The van der Waals surface area contributed by atoms with E-state index in [1.54, 1.807) is 36.4 Å². The first kappa shape index (κ1) is 25.6. The van der Waals surface area contributed by atoms with Gasteiger partial charge in [-0.15, -0.1) is 0 Å². The highest BCUT2D eigenvalue weighted by Gasteiger charge is 2.63. The summed E-state index contributed by atoms with van der Waals surface area (Å²) in [7, 11) is 0. The molecule has 38 heavy (non-hydrogen) atoms. The van der Waals surface area contributed by atoms with Gasteiger partial charge in [0.2, 0.25) is 17.7 Å². The van der Waals surface area contributed by atoms with Gasteiger partial charge in [0, 0.05) is 42.1 Å². The first-order chi connectivity index (χ1) is 18.2. The van der Waals surface area contributed by atoms with Crippen molar-refractivity contribution in [1.82, 2.24) is 9.47 Å². The van der Waals surface area contributed by atoms with Crippen LogP contribution in [0.4, 0.5) is 15.8 Å². The van der Waals surface area contributed by atoms with Crippen LogP contribution >= 0.6 is 11.6 Å². The van der Waals surface area contributed by atoms with Crippen LogP contribution in [-0.2, 0) is 14.4 Å². The second kappa shape index (κ2) is 10.4. The highest BCUT2D eigenvalue weighted by molar-refractivity contribution is 6.30. The Morgan fingerprint density at radius 1 is 0.947 bits per heavy atom. The normalized spacial score (nSPS) is 22.1. The number of carbonyl (C=O) groups excluding carboxylic acids is 3. The Balaban J connectivity index is 1.34. The van der Waals surface area contributed by atoms with Gasteiger partial charge in [-0.05, 0) is 48.9 Å². The zero-order chi connectivity index (χ0) is 27.0. The summed E-state index contributed by atoms with van der Waals surface area (Å²) in [5, 5.41) is 15.5. The summed E-state index contributed by atoms with van der Waals surface area (Å²) in [6.45, 7) is 0.454. The highest BCUT2D eigenvalue weighted by Crippen LogP contribution is 2.49. The molecule has 3 amide bonds. The van der Waals surface area contributed by atoms with Crippen molar-refractivity contribution in [3.8, 4) is 5.69 Å². The van der Waals surface area contributed by atoms with Crippen LogP contribution in [0.5, 0.6) is 0 Å². The number of halogens is 2. The van der Waals surface area contributed by atoms with Crippen molar-refractivity contribution in [3.05, 3.63) is 88.1 Å². The summed E-state index contributed by atoms with van der Waals surface area (Å²) in [6, 6.07) is 14.8. The van der Waals surface area contributed by atoms with Crippen molar-refractivity contribution < 1.29 is 23.9 Å². The summed E-state index contributed by atoms with van der Waals surface area (Å²) in [5.74, 6) is -5.33. The van der Waals surface area contributed by atoms with Crippen molar-refractivity contribution in [2.75, 3.05) is 23.7 Å². The first-order valence-electron chi connectivity index (χ1n) is 12.0.